The van der Waals surface area contributed by atoms with Gasteiger partial charge in [-0.2, -0.15) is 0 Å². The molecule has 3 aromatic rings. The predicted molar refractivity (Wildman–Crippen MR) is 108 cm³/mol. The smallest absolute Gasteiger partial charge is 0.291 e. The number of non-ortho nitro benzene ring substituents is 1. The van der Waals surface area contributed by atoms with Crippen LogP contribution < -0.4 is 14.8 Å². The van der Waals surface area contributed by atoms with Gasteiger partial charge in [-0.15, -0.1) is 0 Å². The van der Waals surface area contributed by atoms with Crippen LogP contribution in [0.3, 0.4) is 0 Å². The van der Waals surface area contributed by atoms with E-state index in [-0.39, 0.29) is 35.2 Å². The van der Waals surface area contributed by atoms with Crippen molar-refractivity contribution in [1.29, 1.82) is 0 Å². The van der Waals surface area contributed by atoms with Gasteiger partial charge in [0.15, 0.2) is 5.76 Å². The second-order valence-electron chi connectivity index (χ2n) is 6.39. The van der Waals surface area contributed by atoms with E-state index in [2.05, 4.69) is 5.32 Å². The van der Waals surface area contributed by atoms with E-state index in [0.29, 0.717) is 17.1 Å². The second kappa shape index (κ2) is 8.95. The summed E-state index contributed by atoms with van der Waals surface area (Å²) in [4.78, 5) is 33.2. The third-order valence-electron chi connectivity index (χ3n) is 4.23. The van der Waals surface area contributed by atoms with Crippen LogP contribution in [-0.4, -0.2) is 22.9 Å². The summed E-state index contributed by atoms with van der Waals surface area (Å²) in [6.45, 7) is 1.60. The Bertz CT molecular complexity index is 1160. The highest BCUT2D eigenvalue weighted by atomic mass is 16.6. The van der Waals surface area contributed by atoms with Crippen molar-refractivity contribution in [3.8, 4) is 11.5 Å². The second-order valence-corrected chi connectivity index (χ2v) is 6.39. The van der Waals surface area contributed by atoms with Gasteiger partial charge in [-0.05, 0) is 31.2 Å². The Hall–Kier alpha value is -4.41. The average molecular weight is 427 g/mol. The largest absolute Gasteiger partial charge is 0.496 e. The Morgan fingerprint density at radius 3 is 2.45 bits per heavy atom. The number of methoxy groups -OCH3 is 1. The van der Waals surface area contributed by atoms with E-state index in [1.54, 1.807) is 13.0 Å². The molecule has 1 N–H and O–H groups in total. The van der Waals surface area contributed by atoms with E-state index < -0.39 is 15.8 Å². The highest BCUT2D eigenvalue weighted by Crippen LogP contribution is 2.27. The fourth-order valence-corrected chi connectivity index (χ4v) is 2.73. The summed E-state index contributed by atoms with van der Waals surface area (Å²) < 4.78 is 16.0. The molecule has 0 saturated heterocycles. The van der Waals surface area contributed by atoms with Gasteiger partial charge < -0.3 is 19.2 Å². The van der Waals surface area contributed by atoms with E-state index >= 15 is 0 Å². The molecular formula is C20H17N3O8. The van der Waals surface area contributed by atoms with Crippen LogP contribution in [0.5, 0.6) is 11.5 Å². The Labute approximate surface area is 175 Å². The van der Waals surface area contributed by atoms with E-state index in [1.807, 2.05) is 0 Å². The fraction of sp³-hybridized carbons (Fsp3) is 0.150. The van der Waals surface area contributed by atoms with Gasteiger partial charge in [0.2, 0.25) is 0 Å². The number of nitro groups is 2. The van der Waals surface area contributed by atoms with Crippen molar-refractivity contribution < 1.29 is 28.5 Å². The van der Waals surface area contributed by atoms with Gasteiger partial charge >= 0.3 is 0 Å². The Morgan fingerprint density at radius 1 is 1.03 bits per heavy atom. The van der Waals surface area contributed by atoms with Crippen LogP contribution in [0.15, 0.2) is 52.9 Å². The molecule has 1 amide bonds. The van der Waals surface area contributed by atoms with Crippen LogP contribution in [0.1, 0.15) is 21.9 Å². The molecule has 0 unspecified atom stereocenters. The molecule has 160 valence electrons. The molecule has 0 aliphatic rings. The van der Waals surface area contributed by atoms with E-state index in [4.69, 9.17) is 13.9 Å². The van der Waals surface area contributed by atoms with E-state index in [9.17, 15) is 25.0 Å². The third-order valence-corrected chi connectivity index (χ3v) is 4.23. The van der Waals surface area contributed by atoms with Crippen LogP contribution in [-0.2, 0) is 6.61 Å². The molecule has 0 aliphatic heterocycles. The maximum atomic E-state index is 12.4. The molecule has 31 heavy (non-hydrogen) atoms. The first kappa shape index (κ1) is 21.3. The van der Waals surface area contributed by atoms with Crippen molar-refractivity contribution in [2.75, 3.05) is 12.4 Å². The first-order chi connectivity index (χ1) is 14.8. The highest BCUT2D eigenvalue weighted by molar-refractivity contribution is 6.02. The van der Waals surface area contributed by atoms with Gasteiger partial charge in [0.1, 0.15) is 23.9 Å². The number of aryl methyl sites for hydroxylation is 1. The summed E-state index contributed by atoms with van der Waals surface area (Å²) in [5.74, 6) is 0.340. The maximum Gasteiger partial charge on any atom is 0.291 e. The molecule has 1 aromatic heterocycles. The van der Waals surface area contributed by atoms with Crippen LogP contribution >= 0.6 is 0 Å². The number of carbonyl (C=O) groups excluding carboxylic acids is 1. The molecule has 3 rings (SSSR count). The number of carbonyl (C=O) groups is 1. The molecule has 0 saturated carbocycles. The highest BCUT2D eigenvalue weighted by Gasteiger charge is 2.16. The average Bonchev–Trinajstić information content (AvgIpc) is 3.21. The fourth-order valence-electron chi connectivity index (χ4n) is 2.73. The normalized spacial score (nSPS) is 10.4. The molecule has 0 bridgehead atoms. The molecule has 11 heteroatoms. The summed E-state index contributed by atoms with van der Waals surface area (Å²) in [6.07, 6.45) is 0. The third kappa shape index (κ3) is 5.15. The summed E-state index contributed by atoms with van der Waals surface area (Å²) in [5.41, 5.74) is 0.379. The van der Waals surface area contributed by atoms with Gasteiger partial charge in [0, 0.05) is 23.8 Å². The quantitative estimate of drug-likeness (QED) is 0.414. The van der Waals surface area contributed by atoms with Crippen LogP contribution in [0.4, 0.5) is 17.1 Å². The molecule has 1 heterocycles. The van der Waals surface area contributed by atoms with Crippen molar-refractivity contribution in [3.05, 3.63) is 85.8 Å². The lowest BCUT2D eigenvalue weighted by Gasteiger charge is -2.07. The summed E-state index contributed by atoms with van der Waals surface area (Å²) in [5, 5.41) is 24.4. The van der Waals surface area contributed by atoms with Gasteiger partial charge in [0.05, 0.1) is 28.7 Å². The topological polar surface area (TPSA) is 147 Å². The first-order valence-corrected chi connectivity index (χ1v) is 8.88. The lowest BCUT2D eigenvalue weighted by molar-refractivity contribution is -0.385. The maximum absolute atomic E-state index is 12.4. The Balaban J connectivity index is 1.66. The van der Waals surface area contributed by atoms with Gasteiger partial charge in [-0.1, -0.05) is 0 Å². The number of hydrogen-bond acceptors (Lipinski definition) is 8. The van der Waals surface area contributed by atoms with Crippen LogP contribution in [0.25, 0.3) is 0 Å². The molecular weight excluding hydrogens is 410 g/mol. The number of hydrogen-bond donors (Lipinski definition) is 1. The van der Waals surface area contributed by atoms with Gasteiger partial charge in [0.25, 0.3) is 17.3 Å². The van der Waals surface area contributed by atoms with Gasteiger partial charge in [-0.25, -0.2) is 0 Å². The Morgan fingerprint density at radius 2 is 1.81 bits per heavy atom. The standard InChI is InChI=1S/C20H17N3O8/c1-12-7-15(3-5-18(12)23(27)28)30-11-16-4-6-19(31-16)20(24)21-13-8-14(22(25)26)10-17(9-13)29-2/h3-10H,11H2,1-2H3,(H,21,24). The zero-order valence-corrected chi connectivity index (χ0v) is 16.5. The van der Waals surface area contributed by atoms with Gasteiger partial charge in [-0.3, -0.25) is 25.0 Å². The number of amides is 1. The number of rotatable bonds is 8. The number of nitro benzene ring substituents is 2. The van der Waals surface area contributed by atoms with Crippen LogP contribution in [0, 0.1) is 27.2 Å². The summed E-state index contributed by atoms with van der Waals surface area (Å²) in [7, 11) is 1.36. The number of benzene rings is 2. The molecule has 0 aliphatic carbocycles. The van der Waals surface area contributed by atoms with Crippen molar-refractivity contribution in [1.82, 2.24) is 0 Å². The number of ether oxygens (including phenoxy) is 2. The lowest BCUT2D eigenvalue weighted by Crippen LogP contribution is -2.11. The predicted octanol–water partition coefficient (Wildman–Crippen LogP) is 4.24. The number of nitrogens with one attached hydrogen (secondary N) is 1. The zero-order valence-electron chi connectivity index (χ0n) is 16.5. The van der Waals surface area contributed by atoms with Crippen molar-refractivity contribution in [3.63, 3.8) is 0 Å². The molecule has 0 radical (unpaired) electrons. The lowest BCUT2D eigenvalue weighted by atomic mass is 10.2. The first-order valence-electron chi connectivity index (χ1n) is 8.88. The van der Waals surface area contributed by atoms with E-state index in [1.165, 1.54) is 49.6 Å². The summed E-state index contributed by atoms with van der Waals surface area (Å²) in [6, 6.07) is 11.2. The monoisotopic (exact) mass is 427 g/mol. The Kier molecular flexibility index (Phi) is 6.15. The molecule has 2 aromatic carbocycles. The molecule has 0 fully saturated rings. The minimum atomic E-state index is -0.611. The summed E-state index contributed by atoms with van der Waals surface area (Å²) >= 11 is 0. The van der Waals surface area contributed by atoms with Crippen molar-refractivity contribution in [2.24, 2.45) is 0 Å². The SMILES string of the molecule is COc1cc(NC(=O)c2ccc(COc3ccc([N+](=O)[O-])c(C)c3)o2)cc([N+](=O)[O-])c1. The van der Waals surface area contributed by atoms with Crippen molar-refractivity contribution in [2.45, 2.75) is 13.5 Å². The minimum Gasteiger partial charge on any atom is -0.496 e. The van der Waals surface area contributed by atoms with Crippen molar-refractivity contribution >= 4 is 23.0 Å². The number of furan rings is 1. The van der Waals surface area contributed by atoms with E-state index in [0.717, 1.165) is 0 Å². The minimum absolute atomic E-state index is 0.00480. The zero-order chi connectivity index (χ0) is 22.5. The molecule has 0 spiro atoms. The number of nitrogens with zero attached hydrogens (tertiary/aromatic N) is 2. The molecule has 0 atom stereocenters. The molecule has 11 nitrogen and oxygen atoms in total. The number of anilines is 1. The van der Waals surface area contributed by atoms with Crippen LogP contribution in [0.2, 0.25) is 0 Å².